The maximum atomic E-state index is 13.1. The standard InChI is InChI=1S/C40H50N2O8/c1-25-35(23-42-20-8-11-34(42)38(46)50-40(4,5)6)48-39(49-36(25)31-14-12-28(24-43)13-15-31)32-18-16-30(17-19-32)33-10-7-9-29(21-33)22-41-37(45)26(2)47-27(3)44/h7,9-10,12-19,21,25-26,34-36,39,43H,8,11,20,22-24H2,1-6H3,(H,41,45). The molecule has 0 aromatic heterocycles. The molecule has 2 aliphatic rings. The van der Waals surface area contributed by atoms with Gasteiger partial charge in [-0.1, -0.05) is 73.7 Å². The summed E-state index contributed by atoms with van der Waals surface area (Å²) < 4.78 is 24.1. The van der Waals surface area contributed by atoms with Gasteiger partial charge in [-0.15, -0.1) is 0 Å². The van der Waals surface area contributed by atoms with E-state index >= 15 is 0 Å². The topological polar surface area (TPSA) is 124 Å². The average molecular weight is 687 g/mol. The SMILES string of the molecule is CC(=O)OC(C)C(=O)NCc1cccc(-c2ccc(C3OC(CN4CCCC4C(=O)OC(C)(C)C)C(C)C(c4ccc(CO)cc4)O3)cc2)c1. The van der Waals surface area contributed by atoms with E-state index in [0.717, 1.165) is 52.8 Å². The zero-order valence-electron chi connectivity index (χ0n) is 29.9. The van der Waals surface area contributed by atoms with Crippen LogP contribution in [0.3, 0.4) is 0 Å². The second-order valence-corrected chi connectivity index (χ2v) is 14.3. The molecule has 5 rings (SSSR count). The summed E-state index contributed by atoms with van der Waals surface area (Å²) in [4.78, 5) is 38.9. The summed E-state index contributed by atoms with van der Waals surface area (Å²) in [6.45, 7) is 12.2. The summed E-state index contributed by atoms with van der Waals surface area (Å²) >= 11 is 0. The van der Waals surface area contributed by atoms with E-state index in [1.807, 2.05) is 93.6 Å². The third-order valence-electron chi connectivity index (χ3n) is 9.20. The Morgan fingerprint density at radius 2 is 1.66 bits per heavy atom. The monoisotopic (exact) mass is 686 g/mol. The molecule has 3 aromatic carbocycles. The van der Waals surface area contributed by atoms with Gasteiger partial charge in [0.1, 0.15) is 11.6 Å². The number of ether oxygens (including phenoxy) is 4. The van der Waals surface area contributed by atoms with Crippen LogP contribution in [-0.4, -0.2) is 64.8 Å². The minimum Gasteiger partial charge on any atom is -0.459 e. The molecule has 268 valence electrons. The first-order chi connectivity index (χ1) is 23.8. The largest absolute Gasteiger partial charge is 0.459 e. The highest BCUT2D eigenvalue weighted by molar-refractivity contribution is 5.83. The fourth-order valence-corrected chi connectivity index (χ4v) is 6.57. The number of carbonyl (C=O) groups is 3. The number of nitrogens with zero attached hydrogens (tertiary/aromatic N) is 1. The number of benzene rings is 3. The molecule has 10 heteroatoms. The maximum absolute atomic E-state index is 13.1. The van der Waals surface area contributed by atoms with Crippen LogP contribution in [0.4, 0.5) is 0 Å². The normalized spacial score (nSPS) is 23.2. The van der Waals surface area contributed by atoms with Crippen molar-refractivity contribution in [2.75, 3.05) is 13.1 Å². The van der Waals surface area contributed by atoms with Gasteiger partial charge in [0.25, 0.3) is 5.91 Å². The fraction of sp³-hybridized carbons (Fsp3) is 0.475. The van der Waals surface area contributed by atoms with Crippen LogP contribution < -0.4 is 5.32 Å². The van der Waals surface area contributed by atoms with Gasteiger partial charge in [0.15, 0.2) is 12.4 Å². The minimum atomic E-state index is -0.865. The van der Waals surface area contributed by atoms with Crippen molar-refractivity contribution in [3.05, 3.63) is 95.1 Å². The Morgan fingerprint density at radius 1 is 0.960 bits per heavy atom. The molecule has 2 aliphatic heterocycles. The number of nitrogens with one attached hydrogen (secondary N) is 1. The molecule has 6 unspecified atom stereocenters. The predicted octanol–water partition coefficient (Wildman–Crippen LogP) is 6.01. The zero-order valence-corrected chi connectivity index (χ0v) is 29.9. The molecular weight excluding hydrogens is 636 g/mol. The second kappa shape index (κ2) is 16.3. The number of rotatable bonds is 11. The summed E-state index contributed by atoms with van der Waals surface area (Å²) in [6.07, 6.45) is -0.338. The van der Waals surface area contributed by atoms with E-state index in [9.17, 15) is 19.5 Å². The first kappa shape index (κ1) is 37.2. The molecule has 1 amide bonds. The molecule has 0 spiro atoms. The van der Waals surface area contributed by atoms with Gasteiger partial charge in [-0.25, -0.2) is 0 Å². The van der Waals surface area contributed by atoms with Crippen LogP contribution in [-0.2, 0) is 46.5 Å². The van der Waals surface area contributed by atoms with Crippen molar-refractivity contribution in [1.82, 2.24) is 10.2 Å². The second-order valence-electron chi connectivity index (χ2n) is 14.3. The molecule has 6 atom stereocenters. The van der Waals surface area contributed by atoms with Crippen molar-refractivity contribution in [2.24, 2.45) is 5.92 Å². The number of carbonyl (C=O) groups excluding carboxylic acids is 3. The molecule has 0 radical (unpaired) electrons. The van der Waals surface area contributed by atoms with Crippen LogP contribution in [0.2, 0.25) is 0 Å². The number of aliphatic hydroxyl groups is 1. The van der Waals surface area contributed by atoms with Crippen LogP contribution in [0.15, 0.2) is 72.8 Å². The third-order valence-corrected chi connectivity index (χ3v) is 9.20. The first-order valence-electron chi connectivity index (χ1n) is 17.4. The van der Waals surface area contributed by atoms with Crippen LogP contribution in [0.1, 0.15) is 89.0 Å². The van der Waals surface area contributed by atoms with Gasteiger partial charge in [0, 0.05) is 31.5 Å². The van der Waals surface area contributed by atoms with Crippen molar-refractivity contribution in [2.45, 2.75) is 104 Å². The van der Waals surface area contributed by atoms with Crippen molar-refractivity contribution in [1.29, 1.82) is 0 Å². The number of hydrogen-bond acceptors (Lipinski definition) is 9. The highest BCUT2D eigenvalue weighted by atomic mass is 16.7. The van der Waals surface area contributed by atoms with Crippen LogP contribution in [0.25, 0.3) is 11.1 Å². The van der Waals surface area contributed by atoms with Crippen molar-refractivity contribution in [3.63, 3.8) is 0 Å². The van der Waals surface area contributed by atoms with E-state index in [-0.39, 0.29) is 42.7 Å². The predicted molar refractivity (Wildman–Crippen MR) is 188 cm³/mol. The number of aliphatic hydroxyl groups excluding tert-OH is 1. The fourth-order valence-electron chi connectivity index (χ4n) is 6.57. The van der Waals surface area contributed by atoms with E-state index in [2.05, 4.69) is 17.1 Å². The lowest BCUT2D eigenvalue weighted by Crippen LogP contribution is -2.48. The zero-order chi connectivity index (χ0) is 36.0. The molecular formula is C40H50N2O8. The van der Waals surface area contributed by atoms with Gasteiger partial charge < -0.3 is 29.4 Å². The summed E-state index contributed by atoms with van der Waals surface area (Å²) in [5, 5.41) is 12.4. The molecule has 2 N–H and O–H groups in total. The molecule has 0 saturated carbocycles. The summed E-state index contributed by atoms with van der Waals surface area (Å²) in [5.74, 6) is -1.08. The van der Waals surface area contributed by atoms with Gasteiger partial charge in [-0.3, -0.25) is 19.3 Å². The van der Waals surface area contributed by atoms with Crippen LogP contribution >= 0.6 is 0 Å². The molecule has 10 nitrogen and oxygen atoms in total. The smallest absolute Gasteiger partial charge is 0.323 e. The van der Waals surface area contributed by atoms with Gasteiger partial charge in [0.05, 0.1) is 18.8 Å². The lowest BCUT2D eigenvalue weighted by molar-refractivity contribution is -0.276. The molecule has 50 heavy (non-hydrogen) atoms. The molecule has 0 aliphatic carbocycles. The Hall–Kier alpha value is -4.09. The highest BCUT2D eigenvalue weighted by Crippen LogP contribution is 2.42. The summed E-state index contributed by atoms with van der Waals surface area (Å²) in [6, 6.07) is 23.5. The van der Waals surface area contributed by atoms with E-state index in [1.165, 1.54) is 6.92 Å². The van der Waals surface area contributed by atoms with Crippen molar-refractivity contribution >= 4 is 17.8 Å². The van der Waals surface area contributed by atoms with Gasteiger partial charge in [-0.2, -0.15) is 0 Å². The lowest BCUT2D eigenvalue weighted by Gasteiger charge is -2.43. The van der Waals surface area contributed by atoms with E-state index in [0.29, 0.717) is 13.1 Å². The van der Waals surface area contributed by atoms with E-state index in [1.54, 1.807) is 6.92 Å². The summed E-state index contributed by atoms with van der Waals surface area (Å²) in [7, 11) is 0. The Labute approximate surface area is 295 Å². The Balaban J connectivity index is 1.33. The number of hydrogen-bond donors (Lipinski definition) is 2. The Bertz CT molecular complexity index is 1620. The first-order valence-corrected chi connectivity index (χ1v) is 17.4. The number of likely N-dealkylation sites (tertiary alicyclic amines) is 1. The molecule has 3 aromatic rings. The van der Waals surface area contributed by atoms with Gasteiger partial charge in [-0.05, 0) is 81.0 Å². The van der Waals surface area contributed by atoms with Gasteiger partial charge >= 0.3 is 11.9 Å². The van der Waals surface area contributed by atoms with Crippen molar-refractivity contribution < 1.29 is 38.4 Å². The molecule has 2 saturated heterocycles. The quantitative estimate of drug-likeness (QED) is 0.234. The molecule has 0 bridgehead atoms. The molecule has 2 heterocycles. The summed E-state index contributed by atoms with van der Waals surface area (Å²) in [5.41, 5.74) is 5.03. The minimum absolute atomic E-state index is 0.0226. The lowest BCUT2D eigenvalue weighted by atomic mass is 9.89. The molecule has 2 fully saturated rings. The van der Waals surface area contributed by atoms with Crippen LogP contribution in [0.5, 0.6) is 0 Å². The number of amides is 1. The highest BCUT2D eigenvalue weighted by Gasteiger charge is 2.42. The van der Waals surface area contributed by atoms with E-state index < -0.39 is 24.0 Å². The van der Waals surface area contributed by atoms with Crippen LogP contribution in [0, 0.1) is 5.92 Å². The maximum Gasteiger partial charge on any atom is 0.323 e. The average Bonchev–Trinajstić information content (AvgIpc) is 3.56. The Kier molecular flexibility index (Phi) is 12.1. The Morgan fingerprint density at radius 3 is 2.32 bits per heavy atom. The number of esters is 2. The van der Waals surface area contributed by atoms with E-state index in [4.69, 9.17) is 18.9 Å². The third kappa shape index (κ3) is 9.57. The van der Waals surface area contributed by atoms with Crippen molar-refractivity contribution in [3.8, 4) is 11.1 Å². The van der Waals surface area contributed by atoms with Gasteiger partial charge in [0.2, 0.25) is 0 Å².